The number of piperazine rings is 1. The van der Waals surface area contributed by atoms with Gasteiger partial charge < -0.3 is 20.3 Å². The molecule has 1 amide bonds. The van der Waals surface area contributed by atoms with Crippen LogP contribution in [-0.4, -0.2) is 39.2 Å². The van der Waals surface area contributed by atoms with Gasteiger partial charge in [-0.05, 0) is 35.9 Å². The predicted octanol–water partition coefficient (Wildman–Crippen LogP) is 3.34. The molecule has 0 bridgehead atoms. The van der Waals surface area contributed by atoms with Gasteiger partial charge in [-0.25, -0.2) is 0 Å². The lowest BCUT2D eigenvalue weighted by molar-refractivity contribution is 0.0951. The van der Waals surface area contributed by atoms with Gasteiger partial charge in [-0.15, -0.1) is 0 Å². The minimum absolute atomic E-state index is 0.192. The van der Waals surface area contributed by atoms with Gasteiger partial charge in [0, 0.05) is 38.3 Å². The van der Waals surface area contributed by atoms with E-state index < -0.39 is 0 Å². The number of amides is 1. The molecule has 5 nitrogen and oxygen atoms in total. The molecule has 138 valence electrons. The van der Waals surface area contributed by atoms with Crippen molar-refractivity contribution in [3.8, 4) is 5.75 Å². The third-order valence-electron chi connectivity index (χ3n) is 4.34. The first-order valence-corrected chi connectivity index (χ1v) is 9.20. The number of nitrogens with zero attached hydrogens (tertiary/aromatic N) is 1. The van der Waals surface area contributed by atoms with E-state index in [0.29, 0.717) is 22.2 Å². The Kier molecular flexibility index (Phi) is 6.25. The molecule has 3 rings (SSSR count). The zero-order chi connectivity index (χ0) is 18.5. The van der Waals surface area contributed by atoms with E-state index in [-0.39, 0.29) is 5.91 Å². The smallest absolute Gasteiger partial charge is 0.251 e. The summed E-state index contributed by atoms with van der Waals surface area (Å²) >= 11 is 11.9. The highest BCUT2D eigenvalue weighted by molar-refractivity contribution is 6.42. The van der Waals surface area contributed by atoms with Crippen LogP contribution in [0.3, 0.4) is 0 Å². The predicted molar refractivity (Wildman–Crippen MR) is 106 cm³/mol. The van der Waals surface area contributed by atoms with Crippen LogP contribution in [0.15, 0.2) is 36.4 Å². The van der Waals surface area contributed by atoms with Gasteiger partial charge in [-0.2, -0.15) is 0 Å². The van der Waals surface area contributed by atoms with Crippen molar-refractivity contribution in [2.45, 2.75) is 6.54 Å². The van der Waals surface area contributed by atoms with Crippen LogP contribution in [0.5, 0.6) is 5.75 Å². The van der Waals surface area contributed by atoms with E-state index in [1.807, 2.05) is 12.1 Å². The molecule has 1 saturated heterocycles. The second kappa shape index (κ2) is 8.62. The summed E-state index contributed by atoms with van der Waals surface area (Å²) in [6.45, 7) is 4.16. The molecular weight excluding hydrogens is 373 g/mol. The van der Waals surface area contributed by atoms with E-state index in [0.717, 1.165) is 43.2 Å². The van der Waals surface area contributed by atoms with Crippen molar-refractivity contribution in [1.29, 1.82) is 0 Å². The van der Waals surface area contributed by atoms with Crippen LogP contribution < -0.4 is 20.3 Å². The van der Waals surface area contributed by atoms with Gasteiger partial charge in [-0.1, -0.05) is 29.3 Å². The fourth-order valence-corrected chi connectivity index (χ4v) is 3.22. The summed E-state index contributed by atoms with van der Waals surface area (Å²) in [5, 5.41) is 7.06. The number of carbonyl (C=O) groups excluding carboxylic acids is 1. The monoisotopic (exact) mass is 393 g/mol. The standard InChI is InChI=1S/C19H21Cl2N3O2/c1-26-18-5-2-13(10-17(18)24-8-6-22-7-9-24)12-23-19(25)14-3-4-15(20)16(21)11-14/h2-5,10-11,22H,6-9,12H2,1H3,(H,23,25). The Morgan fingerprint density at radius 1 is 1.15 bits per heavy atom. The summed E-state index contributed by atoms with van der Waals surface area (Å²) in [7, 11) is 1.67. The lowest BCUT2D eigenvalue weighted by Crippen LogP contribution is -2.43. The van der Waals surface area contributed by atoms with Crippen LogP contribution in [0.1, 0.15) is 15.9 Å². The zero-order valence-corrected chi connectivity index (χ0v) is 16.0. The molecule has 0 aliphatic carbocycles. The number of methoxy groups -OCH3 is 1. The van der Waals surface area contributed by atoms with E-state index in [1.54, 1.807) is 25.3 Å². The molecule has 1 fully saturated rings. The Morgan fingerprint density at radius 3 is 2.62 bits per heavy atom. The number of halogens is 2. The lowest BCUT2D eigenvalue weighted by Gasteiger charge is -2.31. The number of anilines is 1. The third-order valence-corrected chi connectivity index (χ3v) is 5.07. The van der Waals surface area contributed by atoms with Crippen molar-refractivity contribution in [3.63, 3.8) is 0 Å². The highest BCUT2D eigenvalue weighted by atomic mass is 35.5. The molecule has 2 aromatic carbocycles. The van der Waals surface area contributed by atoms with Gasteiger partial charge in [0.25, 0.3) is 5.91 Å². The van der Waals surface area contributed by atoms with Crippen LogP contribution in [0.25, 0.3) is 0 Å². The molecule has 0 aromatic heterocycles. The fraction of sp³-hybridized carbons (Fsp3) is 0.316. The Labute approximate surface area is 163 Å². The van der Waals surface area contributed by atoms with E-state index in [9.17, 15) is 4.79 Å². The SMILES string of the molecule is COc1ccc(CNC(=O)c2ccc(Cl)c(Cl)c2)cc1N1CCNCC1. The van der Waals surface area contributed by atoms with Gasteiger partial charge in [-0.3, -0.25) is 4.79 Å². The van der Waals surface area contributed by atoms with Gasteiger partial charge in [0.2, 0.25) is 0 Å². The normalized spacial score (nSPS) is 14.2. The summed E-state index contributed by atoms with van der Waals surface area (Å²) in [6, 6.07) is 10.8. The quantitative estimate of drug-likeness (QED) is 0.817. The Bertz CT molecular complexity index is 792. The minimum atomic E-state index is -0.192. The van der Waals surface area contributed by atoms with E-state index >= 15 is 0 Å². The number of rotatable bonds is 5. The van der Waals surface area contributed by atoms with Crippen molar-refractivity contribution >= 4 is 34.8 Å². The Morgan fingerprint density at radius 2 is 1.92 bits per heavy atom. The number of benzene rings is 2. The van der Waals surface area contributed by atoms with Crippen molar-refractivity contribution in [3.05, 3.63) is 57.6 Å². The highest BCUT2D eigenvalue weighted by Crippen LogP contribution is 2.29. The molecule has 0 saturated carbocycles. The van der Waals surface area contributed by atoms with E-state index in [2.05, 4.69) is 21.6 Å². The van der Waals surface area contributed by atoms with Crippen LogP contribution in [0, 0.1) is 0 Å². The van der Waals surface area contributed by atoms with Crippen LogP contribution >= 0.6 is 23.2 Å². The van der Waals surface area contributed by atoms with Crippen LogP contribution in [-0.2, 0) is 6.54 Å². The minimum Gasteiger partial charge on any atom is -0.495 e. The van der Waals surface area contributed by atoms with Crippen LogP contribution in [0.2, 0.25) is 10.0 Å². The number of hydrogen-bond acceptors (Lipinski definition) is 4. The zero-order valence-electron chi connectivity index (χ0n) is 14.5. The molecule has 2 aromatic rings. The Balaban J connectivity index is 1.71. The van der Waals surface area contributed by atoms with Gasteiger partial charge in [0.15, 0.2) is 0 Å². The second-order valence-corrected chi connectivity index (χ2v) is 6.87. The molecule has 1 heterocycles. The second-order valence-electron chi connectivity index (χ2n) is 6.05. The first-order chi connectivity index (χ1) is 12.6. The van der Waals surface area contributed by atoms with Crippen molar-refractivity contribution in [2.24, 2.45) is 0 Å². The molecule has 7 heteroatoms. The number of ether oxygens (including phenoxy) is 1. The maximum absolute atomic E-state index is 12.3. The number of carbonyl (C=O) groups is 1. The number of hydrogen-bond donors (Lipinski definition) is 2. The molecule has 0 unspecified atom stereocenters. The number of nitrogens with one attached hydrogen (secondary N) is 2. The summed E-state index contributed by atoms with van der Waals surface area (Å²) in [4.78, 5) is 14.6. The van der Waals surface area contributed by atoms with Gasteiger partial charge >= 0.3 is 0 Å². The fourth-order valence-electron chi connectivity index (χ4n) is 2.92. The molecule has 26 heavy (non-hydrogen) atoms. The Hall–Kier alpha value is -1.95. The summed E-state index contributed by atoms with van der Waals surface area (Å²) in [6.07, 6.45) is 0. The molecule has 1 aliphatic heterocycles. The first-order valence-electron chi connectivity index (χ1n) is 8.44. The van der Waals surface area contributed by atoms with Crippen molar-refractivity contribution < 1.29 is 9.53 Å². The van der Waals surface area contributed by atoms with Crippen LogP contribution in [0.4, 0.5) is 5.69 Å². The van der Waals surface area contributed by atoms with Crippen molar-refractivity contribution in [2.75, 3.05) is 38.2 Å². The maximum atomic E-state index is 12.3. The van der Waals surface area contributed by atoms with E-state index in [1.165, 1.54) is 0 Å². The summed E-state index contributed by atoms with van der Waals surface area (Å²) < 4.78 is 5.50. The lowest BCUT2D eigenvalue weighted by atomic mass is 10.1. The molecule has 1 aliphatic rings. The molecule has 0 spiro atoms. The average Bonchev–Trinajstić information content (AvgIpc) is 2.68. The highest BCUT2D eigenvalue weighted by Gasteiger charge is 2.16. The van der Waals surface area contributed by atoms with Gasteiger partial charge in [0.1, 0.15) is 5.75 Å². The molecule has 2 N–H and O–H groups in total. The van der Waals surface area contributed by atoms with E-state index in [4.69, 9.17) is 27.9 Å². The topological polar surface area (TPSA) is 53.6 Å². The molecule has 0 radical (unpaired) electrons. The average molecular weight is 394 g/mol. The molecule has 0 atom stereocenters. The molecular formula is C19H21Cl2N3O2. The summed E-state index contributed by atoms with van der Waals surface area (Å²) in [5.41, 5.74) is 2.54. The maximum Gasteiger partial charge on any atom is 0.251 e. The summed E-state index contributed by atoms with van der Waals surface area (Å²) in [5.74, 6) is 0.648. The van der Waals surface area contributed by atoms with Gasteiger partial charge in [0.05, 0.1) is 22.8 Å². The largest absolute Gasteiger partial charge is 0.495 e. The van der Waals surface area contributed by atoms with Crippen molar-refractivity contribution in [1.82, 2.24) is 10.6 Å². The third kappa shape index (κ3) is 4.41. The first kappa shape index (κ1) is 18.8.